The fourth-order valence-electron chi connectivity index (χ4n) is 0.803. The van der Waals surface area contributed by atoms with Gasteiger partial charge in [-0.25, -0.2) is 4.39 Å². The maximum Gasteiger partial charge on any atom is 0.320 e. The van der Waals surface area contributed by atoms with Crippen molar-refractivity contribution in [1.82, 2.24) is 0 Å². The van der Waals surface area contributed by atoms with Crippen molar-refractivity contribution in [2.75, 3.05) is 6.54 Å². The van der Waals surface area contributed by atoms with Gasteiger partial charge in [-0.15, -0.1) is 0 Å². The minimum Gasteiger partial charge on any atom is -0.460 e. The predicted molar refractivity (Wildman–Crippen MR) is 45.3 cm³/mol. The Hall–Kier alpha value is -1.42. The molecular formula is C9H10FNO2. The number of hydrogen-bond donors (Lipinski definition) is 1. The van der Waals surface area contributed by atoms with Crippen molar-refractivity contribution in [3.8, 4) is 0 Å². The lowest BCUT2D eigenvalue weighted by Gasteiger charge is -2.02. The smallest absolute Gasteiger partial charge is 0.320 e. The first-order valence-corrected chi connectivity index (χ1v) is 3.82. The van der Waals surface area contributed by atoms with Gasteiger partial charge in [0.1, 0.15) is 12.4 Å². The first kappa shape index (κ1) is 9.67. The van der Waals surface area contributed by atoms with Crippen LogP contribution in [0.5, 0.6) is 0 Å². The number of benzene rings is 1. The topological polar surface area (TPSA) is 52.3 Å². The summed E-state index contributed by atoms with van der Waals surface area (Å²) in [5.74, 6) is -0.779. The Morgan fingerprint density at radius 3 is 2.54 bits per heavy atom. The highest BCUT2D eigenvalue weighted by Gasteiger charge is 1.99. The lowest BCUT2D eigenvalue weighted by atomic mass is 10.2. The van der Waals surface area contributed by atoms with Crippen LogP contribution in [-0.2, 0) is 16.1 Å². The van der Waals surface area contributed by atoms with Gasteiger partial charge in [0.25, 0.3) is 0 Å². The molecule has 0 saturated carbocycles. The summed E-state index contributed by atoms with van der Waals surface area (Å²) in [7, 11) is 0. The zero-order chi connectivity index (χ0) is 9.68. The number of halogens is 1. The normalized spacial score (nSPS) is 9.69. The maximum absolute atomic E-state index is 12.4. The Balaban J connectivity index is 2.46. The monoisotopic (exact) mass is 183 g/mol. The van der Waals surface area contributed by atoms with Crippen molar-refractivity contribution in [3.63, 3.8) is 0 Å². The molecule has 70 valence electrons. The Bertz CT molecular complexity index is 284. The van der Waals surface area contributed by atoms with Crippen LogP contribution < -0.4 is 5.73 Å². The van der Waals surface area contributed by atoms with Gasteiger partial charge in [-0.1, -0.05) is 12.1 Å². The average molecular weight is 183 g/mol. The van der Waals surface area contributed by atoms with E-state index in [0.29, 0.717) is 0 Å². The van der Waals surface area contributed by atoms with Crippen LogP contribution in [0.1, 0.15) is 5.56 Å². The maximum atomic E-state index is 12.4. The molecular weight excluding hydrogens is 173 g/mol. The first-order chi connectivity index (χ1) is 6.22. The van der Waals surface area contributed by atoms with Crippen LogP contribution in [0.3, 0.4) is 0 Å². The molecule has 1 aromatic rings. The molecule has 0 aliphatic rings. The Morgan fingerprint density at radius 1 is 1.38 bits per heavy atom. The molecule has 0 radical (unpaired) electrons. The minimum atomic E-state index is -0.468. The van der Waals surface area contributed by atoms with Crippen LogP contribution in [0.4, 0.5) is 4.39 Å². The summed E-state index contributed by atoms with van der Waals surface area (Å²) in [6, 6.07) is 5.73. The highest BCUT2D eigenvalue weighted by Crippen LogP contribution is 2.03. The molecule has 0 saturated heterocycles. The van der Waals surface area contributed by atoms with Crippen LogP contribution in [-0.4, -0.2) is 12.5 Å². The van der Waals surface area contributed by atoms with Crippen molar-refractivity contribution < 1.29 is 13.9 Å². The molecule has 1 rings (SSSR count). The molecule has 0 aromatic heterocycles. The molecule has 0 unspecified atom stereocenters. The molecule has 0 fully saturated rings. The van der Waals surface area contributed by atoms with Gasteiger partial charge in [0.2, 0.25) is 0 Å². The van der Waals surface area contributed by atoms with Gasteiger partial charge < -0.3 is 10.5 Å². The number of hydrogen-bond acceptors (Lipinski definition) is 3. The zero-order valence-electron chi connectivity index (χ0n) is 7.00. The van der Waals surface area contributed by atoms with Crippen LogP contribution in [0.25, 0.3) is 0 Å². The molecule has 0 bridgehead atoms. The fraction of sp³-hybridized carbons (Fsp3) is 0.222. The number of carbonyl (C=O) groups is 1. The van der Waals surface area contributed by atoms with E-state index in [4.69, 9.17) is 10.5 Å². The third-order valence-corrected chi connectivity index (χ3v) is 1.48. The molecule has 3 nitrogen and oxygen atoms in total. The van der Waals surface area contributed by atoms with Crippen molar-refractivity contribution in [2.24, 2.45) is 5.73 Å². The Kier molecular flexibility index (Phi) is 3.40. The third-order valence-electron chi connectivity index (χ3n) is 1.48. The van der Waals surface area contributed by atoms with E-state index in [2.05, 4.69) is 0 Å². The van der Waals surface area contributed by atoms with Gasteiger partial charge in [0.05, 0.1) is 6.54 Å². The van der Waals surface area contributed by atoms with Crippen molar-refractivity contribution in [2.45, 2.75) is 6.61 Å². The van der Waals surface area contributed by atoms with E-state index in [0.717, 1.165) is 5.56 Å². The molecule has 2 N–H and O–H groups in total. The highest BCUT2D eigenvalue weighted by molar-refractivity contribution is 5.71. The van der Waals surface area contributed by atoms with Gasteiger partial charge in [0.15, 0.2) is 0 Å². The Labute approximate surface area is 75.3 Å². The summed E-state index contributed by atoms with van der Waals surface area (Å²) in [6.45, 7) is -0.00247. The molecule has 4 heteroatoms. The summed E-state index contributed by atoms with van der Waals surface area (Å²) < 4.78 is 17.2. The van der Waals surface area contributed by atoms with E-state index in [-0.39, 0.29) is 19.0 Å². The largest absolute Gasteiger partial charge is 0.460 e. The number of ether oxygens (including phenoxy) is 1. The minimum absolute atomic E-state index is 0.135. The van der Waals surface area contributed by atoms with Crippen LogP contribution in [0.15, 0.2) is 24.3 Å². The lowest BCUT2D eigenvalue weighted by Crippen LogP contribution is -2.16. The third kappa shape index (κ3) is 3.21. The summed E-state index contributed by atoms with van der Waals surface area (Å²) in [5, 5.41) is 0. The van der Waals surface area contributed by atoms with E-state index >= 15 is 0 Å². The van der Waals surface area contributed by atoms with Gasteiger partial charge in [-0.3, -0.25) is 4.79 Å². The summed E-state index contributed by atoms with van der Waals surface area (Å²) in [6.07, 6.45) is 0. The molecule has 13 heavy (non-hydrogen) atoms. The SMILES string of the molecule is NCC(=O)OCc1ccc(F)cc1. The second-order valence-corrected chi connectivity index (χ2v) is 2.49. The number of nitrogens with two attached hydrogens (primary N) is 1. The summed E-state index contributed by atoms with van der Waals surface area (Å²) in [5.41, 5.74) is 5.76. The molecule has 0 heterocycles. The van der Waals surface area contributed by atoms with Crippen molar-refractivity contribution in [3.05, 3.63) is 35.6 Å². The zero-order valence-corrected chi connectivity index (χ0v) is 7.00. The quantitative estimate of drug-likeness (QED) is 0.706. The first-order valence-electron chi connectivity index (χ1n) is 3.82. The molecule has 0 aliphatic carbocycles. The second-order valence-electron chi connectivity index (χ2n) is 2.49. The lowest BCUT2D eigenvalue weighted by molar-refractivity contribution is -0.143. The molecule has 1 aromatic carbocycles. The van der Waals surface area contributed by atoms with Gasteiger partial charge >= 0.3 is 5.97 Å². The highest BCUT2D eigenvalue weighted by atomic mass is 19.1. The number of rotatable bonds is 3. The van der Waals surface area contributed by atoms with Crippen LogP contribution >= 0.6 is 0 Å². The number of esters is 1. The number of carbonyl (C=O) groups excluding carboxylic acids is 1. The van der Waals surface area contributed by atoms with Crippen LogP contribution in [0.2, 0.25) is 0 Å². The van der Waals surface area contributed by atoms with Crippen LogP contribution in [0, 0.1) is 5.82 Å². The van der Waals surface area contributed by atoms with E-state index in [1.54, 1.807) is 12.1 Å². The molecule has 0 spiro atoms. The van der Waals surface area contributed by atoms with Gasteiger partial charge in [-0.05, 0) is 17.7 Å². The molecule has 0 atom stereocenters. The standard InChI is InChI=1S/C9H10FNO2/c10-8-3-1-7(2-4-8)6-13-9(12)5-11/h1-4H,5-6,11H2. The van der Waals surface area contributed by atoms with E-state index < -0.39 is 5.97 Å². The molecule has 0 aliphatic heterocycles. The van der Waals surface area contributed by atoms with Crippen molar-refractivity contribution in [1.29, 1.82) is 0 Å². The van der Waals surface area contributed by atoms with Gasteiger partial charge in [0, 0.05) is 0 Å². The predicted octanol–water partition coefficient (Wildman–Crippen LogP) is 0.828. The van der Waals surface area contributed by atoms with Crippen molar-refractivity contribution >= 4 is 5.97 Å². The summed E-state index contributed by atoms with van der Waals surface area (Å²) in [4.78, 5) is 10.6. The Morgan fingerprint density at radius 2 is 2.00 bits per heavy atom. The van der Waals surface area contributed by atoms with E-state index in [1.165, 1.54) is 12.1 Å². The fourth-order valence-corrected chi connectivity index (χ4v) is 0.803. The van der Waals surface area contributed by atoms with E-state index in [9.17, 15) is 9.18 Å². The second kappa shape index (κ2) is 4.57. The van der Waals surface area contributed by atoms with Gasteiger partial charge in [-0.2, -0.15) is 0 Å². The average Bonchev–Trinajstić information content (AvgIpc) is 2.16. The summed E-state index contributed by atoms with van der Waals surface area (Å²) >= 11 is 0. The molecule has 0 amide bonds. The van der Waals surface area contributed by atoms with E-state index in [1.807, 2.05) is 0 Å².